The van der Waals surface area contributed by atoms with Crippen LogP contribution in [0.25, 0.3) is 0 Å². The fraction of sp³-hybridized carbons (Fsp3) is 0.769. The van der Waals surface area contributed by atoms with Gasteiger partial charge in [-0.05, 0) is 50.8 Å². The highest BCUT2D eigenvalue weighted by Gasteiger charge is 2.21. The van der Waals surface area contributed by atoms with Crippen LogP contribution in [0.5, 0.6) is 0 Å². The molecule has 0 spiro atoms. The molecule has 0 radical (unpaired) electrons. The maximum absolute atomic E-state index is 14.4. The average Bonchev–Trinajstić information content (AvgIpc) is 2.64. The molecule has 110 valence electrons. The van der Waals surface area contributed by atoms with Crippen molar-refractivity contribution in [1.82, 2.24) is 20.0 Å². The largest absolute Gasteiger partial charge is 0.309 e. The highest BCUT2D eigenvalue weighted by atomic mass is 79.9. The first-order valence-electron chi connectivity index (χ1n) is 6.46. The molecule has 1 atom stereocenters. The first kappa shape index (κ1) is 16.6. The summed E-state index contributed by atoms with van der Waals surface area (Å²) >= 11 is 3.38. The molecule has 1 unspecified atom stereocenters. The first-order valence-corrected chi connectivity index (χ1v) is 7.25. The lowest BCUT2D eigenvalue weighted by molar-refractivity contribution is 0.270. The van der Waals surface area contributed by atoms with Crippen LogP contribution in [0.2, 0.25) is 0 Å². The maximum atomic E-state index is 14.4. The van der Waals surface area contributed by atoms with Gasteiger partial charge in [0.25, 0.3) is 0 Å². The summed E-state index contributed by atoms with van der Waals surface area (Å²) in [6, 6.07) is 0. The van der Waals surface area contributed by atoms with E-state index in [9.17, 15) is 4.39 Å². The zero-order chi connectivity index (χ0) is 14.6. The quantitative estimate of drug-likeness (QED) is 0.868. The van der Waals surface area contributed by atoms with Crippen molar-refractivity contribution in [2.45, 2.75) is 39.0 Å². The predicted molar refractivity (Wildman–Crippen MR) is 80.1 cm³/mol. The Balaban J connectivity index is 2.72. The topological polar surface area (TPSA) is 33.1 Å². The number of nitrogens with one attached hydrogen (secondary N) is 1. The number of hydrogen-bond acceptors (Lipinski definition) is 3. The molecular formula is C13H24BrFN4. The molecule has 6 heteroatoms. The van der Waals surface area contributed by atoms with E-state index in [1.165, 1.54) is 0 Å². The second kappa shape index (κ2) is 6.81. The van der Waals surface area contributed by atoms with E-state index in [2.05, 4.69) is 31.2 Å². The third kappa shape index (κ3) is 5.58. The lowest BCUT2D eigenvalue weighted by atomic mass is 10.1. The van der Waals surface area contributed by atoms with Gasteiger partial charge in [-0.3, -0.25) is 4.68 Å². The van der Waals surface area contributed by atoms with E-state index in [-0.39, 0.29) is 12.1 Å². The number of rotatable bonds is 6. The molecule has 0 aliphatic heterocycles. The lowest BCUT2D eigenvalue weighted by Crippen LogP contribution is -2.38. The van der Waals surface area contributed by atoms with Crippen molar-refractivity contribution in [2.75, 3.05) is 27.2 Å². The summed E-state index contributed by atoms with van der Waals surface area (Å²) in [5, 5.41) is 7.41. The molecule has 0 saturated heterocycles. The molecule has 1 N–H and O–H groups in total. The van der Waals surface area contributed by atoms with Gasteiger partial charge in [-0.2, -0.15) is 5.10 Å². The molecule has 1 rings (SSSR count). The molecule has 4 nitrogen and oxygen atoms in total. The number of likely N-dealkylation sites (N-methyl/N-ethyl adjacent to an activating group) is 1. The summed E-state index contributed by atoms with van der Waals surface area (Å²) in [6.45, 7) is 7.88. The van der Waals surface area contributed by atoms with Crippen LogP contribution < -0.4 is 5.32 Å². The van der Waals surface area contributed by atoms with Crippen molar-refractivity contribution < 1.29 is 4.39 Å². The van der Waals surface area contributed by atoms with Crippen LogP contribution in [0.1, 0.15) is 32.6 Å². The van der Waals surface area contributed by atoms with Crippen molar-refractivity contribution in [3.05, 3.63) is 16.4 Å². The number of aromatic nitrogens is 2. The van der Waals surface area contributed by atoms with E-state index in [4.69, 9.17) is 0 Å². The Kier molecular flexibility index (Phi) is 5.95. The van der Waals surface area contributed by atoms with Gasteiger partial charge in [-0.15, -0.1) is 0 Å². The van der Waals surface area contributed by atoms with Crippen LogP contribution in [0.15, 0.2) is 10.7 Å². The Morgan fingerprint density at radius 3 is 2.63 bits per heavy atom. The molecule has 0 amide bonds. The van der Waals surface area contributed by atoms with Crippen molar-refractivity contribution >= 4 is 15.9 Å². The molecule has 19 heavy (non-hydrogen) atoms. The van der Waals surface area contributed by atoms with Crippen molar-refractivity contribution in [2.24, 2.45) is 0 Å². The molecule has 0 fully saturated rings. The Morgan fingerprint density at radius 2 is 2.11 bits per heavy atom. The van der Waals surface area contributed by atoms with E-state index in [0.717, 1.165) is 11.0 Å². The van der Waals surface area contributed by atoms with Gasteiger partial charge in [0.2, 0.25) is 0 Å². The van der Waals surface area contributed by atoms with Crippen LogP contribution in [-0.4, -0.2) is 47.4 Å². The molecule has 0 aliphatic rings. The van der Waals surface area contributed by atoms with Crippen LogP contribution in [0, 0.1) is 0 Å². The lowest BCUT2D eigenvalue weighted by Gasteiger charge is -2.22. The van der Waals surface area contributed by atoms with Crippen LogP contribution >= 0.6 is 15.9 Å². The summed E-state index contributed by atoms with van der Waals surface area (Å²) in [6.07, 6.45) is 0.590. The maximum Gasteiger partial charge on any atom is 0.155 e. The normalized spacial score (nSPS) is 14.1. The van der Waals surface area contributed by atoms with Gasteiger partial charge in [-0.1, -0.05) is 0 Å². The second-order valence-electron chi connectivity index (χ2n) is 6.00. The van der Waals surface area contributed by atoms with Gasteiger partial charge in [-0.25, -0.2) is 4.39 Å². The SMILES string of the molecule is CN(C)CCn1ncc(Br)c1C(F)CNC(C)(C)C. The van der Waals surface area contributed by atoms with E-state index < -0.39 is 6.17 Å². The van der Waals surface area contributed by atoms with Gasteiger partial charge in [0.05, 0.1) is 22.9 Å². The van der Waals surface area contributed by atoms with Crippen molar-refractivity contribution in [1.29, 1.82) is 0 Å². The van der Waals surface area contributed by atoms with Crippen molar-refractivity contribution in [3.63, 3.8) is 0 Å². The number of halogens is 2. The van der Waals surface area contributed by atoms with Crippen molar-refractivity contribution in [3.8, 4) is 0 Å². The van der Waals surface area contributed by atoms with Gasteiger partial charge < -0.3 is 10.2 Å². The molecule has 0 bridgehead atoms. The third-order valence-corrected chi connectivity index (χ3v) is 3.31. The minimum atomic E-state index is -1.07. The first-order chi connectivity index (χ1) is 8.70. The van der Waals surface area contributed by atoms with Crippen LogP contribution in [0.4, 0.5) is 4.39 Å². The predicted octanol–water partition coefficient (Wildman–Crippen LogP) is 2.61. The molecule has 0 aromatic carbocycles. The summed E-state index contributed by atoms with van der Waals surface area (Å²) in [5.74, 6) is 0. The molecule has 1 heterocycles. The van der Waals surface area contributed by atoms with E-state index >= 15 is 0 Å². The molecule has 0 saturated carbocycles. The number of nitrogens with zero attached hydrogens (tertiary/aromatic N) is 3. The highest BCUT2D eigenvalue weighted by Crippen LogP contribution is 2.26. The Hall–Kier alpha value is -0.460. The van der Waals surface area contributed by atoms with Gasteiger partial charge in [0.15, 0.2) is 6.17 Å². The van der Waals surface area contributed by atoms with Gasteiger partial charge in [0.1, 0.15) is 0 Å². The fourth-order valence-electron chi connectivity index (χ4n) is 1.65. The zero-order valence-electron chi connectivity index (χ0n) is 12.4. The third-order valence-electron chi connectivity index (χ3n) is 2.70. The summed E-state index contributed by atoms with van der Waals surface area (Å²) in [4.78, 5) is 2.06. The van der Waals surface area contributed by atoms with Crippen LogP contribution in [0.3, 0.4) is 0 Å². The molecular weight excluding hydrogens is 311 g/mol. The standard InChI is InChI=1S/C13H24BrFN4/c1-13(2,3)16-9-11(15)12-10(14)8-17-19(12)7-6-18(4)5/h8,11,16H,6-7,9H2,1-5H3. The van der Waals surface area contributed by atoms with Gasteiger partial charge in [0, 0.05) is 18.6 Å². The summed E-state index contributed by atoms with van der Waals surface area (Å²) < 4.78 is 16.8. The second-order valence-corrected chi connectivity index (χ2v) is 6.86. The summed E-state index contributed by atoms with van der Waals surface area (Å²) in [5.41, 5.74) is 0.518. The zero-order valence-corrected chi connectivity index (χ0v) is 14.0. The van der Waals surface area contributed by atoms with E-state index in [1.807, 2.05) is 34.9 Å². The number of hydrogen-bond donors (Lipinski definition) is 1. The average molecular weight is 335 g/mol. The summed E-state index contributed by atoms with van der Waals surface area (Å²) in [7, 11) is 3.98. The Bertz CT molecular complexity index is 398. The van der Waals surface area contributed by atoms with E-state index in [0.29, 0.717) is 12.2 Å². The molecule has 1 aromatic heterocycles. The smallest absolute Gasteiger partial charge is 0.155 e. The Labute approximate surface area is 123 Å². The Morgan fingerprint density at radius 1 is 1.47 bits per heavy atom. The monoisotopic (exact) mass is 334 g/mol. The van der Waals surface area contributed by atoms with Crippen LogP contribution in [-0.2, 0) is 6.54 Å². The molecule has 0 aliphatic carbocycles. The van der Waals surface area contributed by atoms with E-state index in [1.54, 1.807) is 10.9 Å². The highest BCUT2D eigenvalue weighted by molar-refractivity contribution is 9.10. The van der Waals surface area contributed by atoms with Gasteiger partial charge >= 0.3 is 0 Å². The fourth-order valence-corrected chi connectivity index (χ4v) is 2.19. The minimum Gasteiger partial charge on any atom is -0.309 e. The number of alkyl halides is 1. The molecule has 1 aromatic rings. The minimum absolute atomic E-state index is 0.0920.